The van der Waals surface area contributed by atoms with Crippen LogP contribution in [0.25, 0.3) is 0 Å². The molecule has 126 valence electrons. The van der Waals surface area contributed by atoms with Crippen LogP contribution in [0, 0.1) is 10.1 Å². The van der Waals surface area contributed by atoms with Crippen LogP contribution in [0.2, 0.25) is 5.02 Å². The second-order valence-electron chi connectivity index (χ2n) is 5.55. The summed E-state index contributed by atoms with van der Waals surface area (Å²) < 4.78 is 0. The van der Waals surface area contributed by atoms with Crippen LogP contribution in [0.15, 0.2) is 24.3 Å². The van der Waals surface area contributed by atoms with Gasteiger partial charge in [0.2, 0.25) is 17.6 Å². The highest BCUT2D eigenvalue weighted by Gasteiger charge is 2.25. The number of nitrogen functional groups attached to an aromatic ring is 1. The van der Waals surface area contributed by atoms with E-state index in [0.29, 0.717) is 16.7 Å². The van der Waals surface area contributed by atoms with Crippen LogP contribution in [0.4, 0.5) is 29.0 Å². The summed E-state index contributed by atoms with van der Waals surface area (Å²) in [6.07, 6.45) is 3.24. The first-order valence-corrected chi connectivity index (χ1v) is 8.02. The van der Waals surface area contributed by atoms with Crippen molar-refractivity contribution in [2.75, 3.05) is 29.0 Å². The van der Waals surface area contributed by atoms with E-state index in [9.17, 15) is 10.1 Å². The van der Waals surface area contributed by atoms with Crippen LogP contribution in [0.1, 0.15) is 19.3 Å². The minimum Gasteiger partial charge on any atom is -0.378 e. The van der Waals surface area contributed by atoms with E-state index < -0.39 is 4.92 Å². The molecular formula is C15H17ClN6O2. The van der Waals surface area contributed by atoms with Gasteiger partial charge in [-0.15, -0.1) is 0 Å². The van der Waals surface area contributed by atoms with Crippen molar-refractivity contribution in [3.05, 3.63) is 39.4 Å². The molecule has 2 heterocycles. The van der Waals surface area contributed by atoms with Gasteiger partial charge in [-0.05, 0) is 37.5 Å². The Labute approximate surface area is 143 Å². The Hall–Kier alpha value is -2.61. The van der Waals surface area contributed by atoms with Crippen molar-refractivity contribution in [3.8, 4) is 0 Å². The molecule has 0 aliphatic carbocycles. The summed E-state index contributed by atoms with van der Waals surface area (Å²) in [6.45, 7) is 1.63. The number of hydrogen-bond acceptors (Lipinski definition) is 7. The molecule has 0 spiro atoms. The molecule has 1 aliphatic rings. The SMILES string of the molecule is Nc1nc(N2CCCCC2)nc(Nc2cccc(Cl)c2)c1[N+](=O)[O-]. The van der Waals surface area contributed by atoms with Gasteiger partial charge < -0.3 is 16.0 Å². The Balaban J connectivity index is 2.00. The number of piperidine rings is 1. The number of nitrogens with zero attached hydrogens (tertiary/aromatic N) is 4. The lowest BCUT2D eigenvalue weighted by atomic mass is 10.1. The summed E-state index contributed by atoms with van der Waals surface area (Å²) in [6, 6.07) is 6.86. The molecular weight excluding hydrogens is 332 g/mol. The van der Waals surface area contributed by atoms with Gasteiger partial charge in [0.05, 0.1) is 4.92 Å². The lowest BCUT2D eigenvalue weighted by Crippen LogP contribution is -2.31. The normalized spacial score (nSPS) is 14.5. The number of rotatable bonds is 4. The Morgan fingerprint density at radius 2 is 2.00 bits per heavy atom. The topological polar surface area (TPSA) is 110 Å². The second-order valence-corrected chi connectivity index (χ2v) is 5.98. The molecule has 1 saturated heterocycles. The molecule has 3 rings (SSSR count). The maximum atomic E-state index is 11.4. The van der Waals surface area contributed by atoms with Gasteiger partial charge >= 0.3 is 5.69 Å². The number of benzene rings is 1. The molecule has 1 fully saturated rings. The predicted octanol–water partition coefficient (Wildman–Crippen LogP) is 3.35. The smallest absolute Gasteiger partial charge is 0.353 e. The maximum absolute atomic E-state index is 11.4. The fourth-order valence-electron chi connectivity index (χ4n) is 2.67. The summed E-state index contributed by atoms with van der Waals surface area (Å²) in [7, 11) is 0. The third-order valence-corrected chi connectivity index (χ3v) is 4.04. The quantitative estimate of drug-likeness (QED) is 0.643. The summed E-state index contributed by atoms with van der Waals surface area (Å²) in [5.41, 5.74) is 6.08. The lowest BCUT2D eigenvalue weighted by Gasteiger charge is -2.27. The third-order valence-electron chi connectivity index (χ3n) is 3.81. The van der Waals surface area contributed by atoms with Crippen LogP contribution in [0.5, 0.6) is 0 Å². The molecule has 24 heavy (non-hydrogen) atoms. The van der Waals surface area contributed by atoms with Crippen LogP contribution >= 0.6 is 11.6 Å². The standard InChI is InChI=1S/C15H17ClN6O2/c16-10-5-4-6-11(9-10)18-14-12(22(23)24)13(17)19-15(20-14)21-7-2-1-3-8-21/h4-6,9H,1-3,7-8H2,(H3,17,18,19,20). The summed E-state index contributed by atoms with van der Waals surface area (Å²) >= 11 is 5.96. The summed E-state index contributed by atoms with van der Waals surface area (Å²) in [5.74, 6) is 0.317. The van der Waals surface area contributed by atoms with Gasteiger partial charge in [0.1, 0.15) is 0 Å². The van der Waals surface area contributed by atoms with Crippen molar-refractivity contribution in [1.29, 1.82) is 0 Å². The largest absolute Gasteiger partial charge is 0.378 e. The molecule has 1 aromatic heterocycles. The van der Waals surface area contributed by atoms with Crippen LogP contribution in [-0.4, -0.2) is 28.0 Å². The molecule has 0 radical (unpaired) electrons. The Kier molecular flexibility index (Phi) is 4.66. The van der Waals surface area contributed by atoms with Gasteiger partial charge in [0.25, 0.3) is 0 Å². The third kappa shape index (κ3) is 3.48. The summed E-state index contributed by atoms with van der Waals surface area (Å²) in [4.78, 5) is 21.2. The molecule has 3 N–H and O–H groups in total. The average molecular weight is 349 g/mol. The Bertz CT molecular complexity index is 764. The first-order valence-electron chi connectivity index (χ1n) is 7.64. The minimum absolute atomic E-state index is 0.0651. The Morgan fingerprint density at radius 1 is 1.25 bits per heavy atom. The lowest BCUT2D eigenvalue weighted by molar-refractivity contribution is -0.383. The molecule has 0 unspecified atom stereocenters. The van der Waals surface area contributed by atoms with Crippen LogP contribution in [-0.2, 0) is 0 Å². The van der Waals surface area contributed by atoms with E-state index >= 15 is 0 Å². The number of hydrogen-bond donors (Lipinski definition) is 2. The van der Waals surface area contributed by atoms with Gasteiger partial charge in [-0.1, -0.05) is 17.7 Å². The highest BCUT2D eigenvalue weighted by molar-refractivity contribution is 6.30. The van der Waals surface area contributed by atoms with Crippen LogP contribution in [0.3, 0.4) is 0 Å². The van der Waals surface area contributed by atoms with E-state index in [1.54, 1.807) is 24.3 Å². The average Bonchev–Trinajstić information content (AvgIpc) is 2.55. The molecule has 9 heteroatoms. The van der Waals surface area contributed by atoms with Crippen molar-refractivity contribution in [2.45, 2.75) is 19.3 Å². The maximum Gasteiger partial charge on any atom is 0.353 e. The van der Waals surface area contributed by atoms with Gasteiger partial charge in [0.15, 0.2) is 0 Å². The second kappa shape index (κ2) is 6.88. The Morgan fingerprint density at radius 3 is 2.67 bits per heavy atom. The van der Waals surface area contributed by atoms with E-state index in [2.05, 4.69) is 15.3 Å². The number of nitrogens with two attached hydrogens (primary N) is 1. The highest BCUT2D eigenvalue weighted by atomic mass is 35.5. The van der Waals surface area contributed by atoms with Gasteiger partial charge in [-0.2, -0.15) is 9.97 Å². The van der Waals surface area contributed by atoms with Crippen molar-refractivity contribution in [1.82, 2.24) is 9.97 Å². The zero-order valence-electron chi connectivity index (χ0n) is 12.9. The number of halogens is 1. The van der Waals surface area contributed by atoms with Crippen LogP contribution < -0.4 is 16.0 Å². The highest BCUT2D eigenvalue weighted by Crippen LogP contribution is 2.33. The number of aromatic nitrogens is 2. The predicted molar refractivity (Wildman–Crippen MR) is 93.9 cm³/mol. The molecule has 8 nitrogen and oxygen atoms in total. The fourth-order valence-corrected chi connectivity index (χ4v) is 2.86. The summed E-state index contributed by atoms with van der Waals surface area (Å²) in [5, 5.41) is 14.8. The molecule has 0 bridgehead atoms. The molecule has 0 saturated carbocycles. The molecule has 0 atom stereocenters. The van der Waals surface area contributed by atoms with E-state index in [4.69, 9.17) is 17.3 Å². The van der Waals surface area contributed by atoms with Gasteiger partial charge in [-0.3, -0.25) is 10.1 Å². The molecule has 1 aliphatic heterocycles. The van der Waals surface area contributed by atoms with E-state index in [1.807, 2.05) is 4.90 Å². The van der Waals surface area contributed by atoms with Gasteiger partial charge in [0, 0.05) is 23.8 Å². The van der Waals surface area contributed by atoms with Crippen molar-refractivity contribution < 1.29 is 4.92 Å². The van der Waals surface area contributed by atoms with Gasteiger partial charge in [-0.25, -0.2) is 0 Å². The van der Waals surface area contributed by atoms with Crippen molar-refractivity contribution >= 4 is 40.6 Å². The van der Waals surface area contributed by atoms with Crippen molar-refractivity contribution in [3.63, 3.8) is 0 Å². The number of nitrogens with one attached hydrogen (secondary N) is 1. The molecule has 2 aromatic rings. The van der Waals surface area contributed by atoms with E-state index in [0.717, 1.165) is 32.4 Å². The van der Waals surface area contributed by atoms with Crippen molar-refractivity contribution in [2.24, 2.45) is 0 Å². The minimum atomic E-state index is -0.581. The monoisotopic (exact) mass is 348 g/mol. The molecule has 0 amide bonds. The molecule has 1 aromatic carbocycles. The van der Waals surface area contributed by atoms with E-state index in [1.165, 1.54) is 0 Å². The first kappa shape index (κ1) is 16.3. The first-order chi connectivity index (χ1) is 11.5. The number of nitro groups is 1. The fraction of sp³-hybridized carbons (Fsp3) is 0.333. The van der Waals surface area contributed by atoms with E-state index in [-0.39, 0.29) is 17.3 Å². The zero-order valence-corrected chi connectivity index (χ0v) is 13.7. The number of anilines is 4. The zero-order chi connectivity index (χ0) is 17.1.